The van der Waals surface area contributed by atoms with Crippen molar-refractivity contribution in [3.05, 3.63) is 0 Å². The molecule has 0 fully saturated rings. The van der Waals surface area contributed by atoms with Crippen LogP contribution in [0.15, 0.2) is 0 Å². The first kappa shape index (κ1) is 12.9. The van der Waals surface area contributed by atoms with Crippen LogP contribution in [0.1, 0.15) is 40.0 Å². The standard InChI is InChI=1S/C10H20N2O2/c1-4-5-9(13)11-7-6-10(14)12-8(2)3/h8H,4-7H2,1-3H3,(H,11,13)(H,12,14). The van der Waals surface area contributed by atoms with Gasteiger partial charge in [-0.05, 0) is 20.3 Å². The van der Waals surface area contributed by atoms with Crippen molar-refractivity contribution in [1.29, 1.82) is 0 Å². The van der Waals surface area contributed by atoms with Gasteiger partial charge < -0.3 is 10.6 Å². The first-order valence-corrected chi connectivity index (χ1v) is 5.12. The number of nitrogens with one attached hydrogen (secondary N) is 2. The van der Waals surface area contributed by atoms with Crippen LogP contribution >= 0.6 is 0 Å². The minimum atomic E-state index is -0.0169. The van der Waals surface area contributed by atoms with Gasteiger partial charge in [-0.1, -0.05) is 6.92 Å². The van der Waals surface area contributed by atoms with Gasteiger partial charge in [-0.2, -0.15) is 0 Å². The number of amides is 2. The number of rotatable bonds is 6. The van der Waals surface area contributed by atoms with E-state index in [4.69, 9.17) is 0 Å². The second kappa shape index (κ2) is 7.35. The predicted octanol–water partition coefficient (Wildman–Crippen LogP) is 0.817. The predicted molar refractivity (Wildman–Crippen MR) is 55.8 cm³/mol. The molecule has 0 spiro atoms. The van der Waals surface area contributed by atoms with Crippen LogP contribution in [0.25, 0.3) is 0 Å². The van der Waals surface area contributed by atoms with E-state index in [1.54, 1.807) is 0 Å². The summed E-state index contributed by atoms with van der Waals surface area (Å²) in [5.74, 6) is 0.00152. The van der Waals surface area contributed by atoms with Crippen LogP contribution in [0.5, 0.6) is 0 Å². The summed E-state index contributed by atoms with van der Waals surface area (Å²) >= 11 is 0. The topological polar surface area (TPSA) is 58.2 Å². The fourth-order valence-electron chi connectivity index (χ4n) is 1.03. The van der Waals surface area contributed by atoms with Crippen molar-refractivity contribution in [1.82, 2.24) is 10.6 Å². The van der Waals surface area contributed by atoms with Gasteiger partial charge in [0.15, 0.2) is 0 Å². The fraction of sp³-hybridized carbons (Fsp3) is 0.800. The van der Waals surface area contributed by atoms with Crippen LogP contribution in [0.2, 0.25) is 0 Å². The molecule has 0 aromatic rings. The highest BCUT2D eigenvalue weighted by molar-refractivity contribution is 5.78. The Morgan fingerprint density at radius 1 is 1.14 bits per heavy atom. The highest BCUT2D eigenvalue weighted by Gasteiger charge is 2.03. The quantitative estimate of drug-likeness (QED) is 0.667. The molecule has 2 N–H and O–H groups in total. The summed E-state index contributed by atoms with van der Waals surface area (Å²) in [4.78, 5) is 22.1. The molecule has 0 aliphatic carbocycles. The van der Waals surface area contributed by atoms with E-state index in [1.165, 1.54) is 0 Å². The molecule has 82 valence electrons. The molecule has 0 bridgehead atoms. The SMILES string of the molecule is CCCC(=O)NCCC(=O)NC(C)C. The van der Waals surface area contributed by atoms with Crippen LogP contribution in [-0.2, 0) is 9.59 Å². The Morgan fingerprint density at radius 3 is 2.29 bits per heavy atom. The average molecular weight is 200 g/mol. The van der Waals surface area contributed by atoms with Crippen molar-refractivity contribution in [3.8, 4) is 0 Å². The molecule has 0 atom stereocenters. The molecular weight excluding hydrogens is 180 g/mol. The van der Waals surface area contributed by atoms with Crippen molar-refractivity contribution in [2.75, 3.05) is 6.54 Å². The fourth-order valence-corrected chi connectivity index (χ4v) is 1.03. The lowest BCUT2D eigenvalue weighted by atomic mass is 10.3. The van der Waals surface area contributed by atoms with Gasteiger partial charge in [0.25, 0.3) is 0 Å². The molecule has 4 heteroatoms. The van der Waals surface area contributed by atoms with Crippen LogP contribution in [0.3, 0.4) is 0 Å². The lowest BCUT2D eigenvalue weighted by Gasteiger charge is -2.08. The van der Waals surface area contributed by atoms with Crippen LogP contribution in [0, 0.1) is 0 Å². The second-order valence-electron chi connectivity index (χ2n) is 3.57. The first-order valence-electron chi connectivity index (χ1n) is 5.12. The lowest BCUT2D eigenvalue weighted by molar-refractivity contribution is -0.122. The van der Waals surface area contributed by atoms with E-state index in [-0.39, 0.29) is 17.9 Å². The normalized spacial score (nSPS) is 10.0. The van der Waals surface area contributed by atoms with E-state index >= 15 is 0 Å². The molecule has 14 heavy (non-hydrogen) atoms. The zero-order chi connectivity index (χ0) is 11.0. The van der Waals surface area contributed by atoms with E-state index in [2.05, 4.69) is 10.6 Å². The van der Waals surface area contributed by atoms with Crippen molar-refractivity contribution >= 4 is 11.8 Å². The molecule has 0 unspecified atom stereocenters. The van der Waals surface area contributed by atoms with E-state index in [0.29, 0.717) is 19.4 Å². The van der Waals surface area contributed by atoms with Gasteiger partial charge in [-0.25, -0.2) is 0 Å². The van der Waals surface area contributed by atoms with Crippen LogP contribution in [0.4, 0.5) is 0 Å². The summed E-state index contributed by atoms with van der Waals surface area (Å²) in [6.07, 6.45) is 1.73. The Morgan fingerprint density at radius 2 is 1.79 bits per heavy atom. The second-order valence-corrected chi connectivity index (χ2v) is 3.57. The van der Waals surface area contributed by atoms with Crippen molar-refractivity contribution in [2.24, 2.45) is 0 Å². The number of hydrogen-bond donors (Lipinski definition) is 2. The molecule has 0 aliphatic heterocycles. The molecule has 0 radical (unpaired) electrons. The van der Waals surface area contributed by atoms with Crippen LogP contribution < -0.4 is 10.6 Å². The maximum Gasteiger partial charge on any atom is 0.221 e. The van der Waals surface area contributed by atoms with E-state index in [0.717, 1.165) is 6.42 Å². The maximum absolute atomic E-state index is 11.1. The van der Waals surface area contributed by atoms with E-state index in [9.17, 15) is 9.59 Å². The Kier molecular flexibility index (Phi) is 6.80. The molecule has 0 saturated carbocycles. The van der Waals surface area contributed by atoms with E-state index < -0.39 is 0 Å². The molecule has 0 rings (SSSR count). The molecule has 0 aliphatic rings. The Balaban J connectivity index is 3.44. The zero-order valence-corrected chi connectivity index (χ0v) is 9.22. The Bertz CT molecular complexity index is 191. The summed E-state index contributed by atoms with van der Waals surface area (Å²) in [7, 11) is 0. The Hall–Kier alpha value is -1.06. The molecule has 0 saturated heterocycles. The third-order valence-corrected chi connectivity index (χ3v) is 1.60. The van der Waals surface area contributed by atoms with Crippen molar-refractivity contribution in [2.45, 2.75) is 46.1 Å². The molecular formula is C10H20N2O2. The first-order chi connectivity index (χ1) is 6.56. The number of carbonyl (C=O) groups excluding carboxylic acids is 2. The van der Waals surface area contributed by atoms with Crippen molar-refractivity contribution in [3.63, 3.8) is 0 Å². The maximum atomic E-state index is 11.1. The largest absolute Gasteiger partial charge is 0.356 e. The molecule has 4 nitrogen and oxygen atoms in total. The summed E-state index contributed by atoms with van der Waals surface area (Å²) in [5.41, 5.74) is 0. The molecule has 0 aromatic carbocycles. The average Bonchev–Trinajstić information content (AvgIpc) is 2.02. The summed E-state index contributed by atoms with van der Waals surface area (Å²) < 4.78 is 0. The lowest BCUT2D eigenvalue weighted by Crippen LogP contribution is -2.33. The summed E-state index contributed by atoms with van der Waals surface area (Å²) in [5, 5.41) is 5.45. The van der Waals surface area contributed by atoms with Gasteiger partial charge >= 0.3 is 0 Å². The van der Waals surface area contributed by atoms with Gasteiger partial charge in [0, 0.05) is 25.4 Å². The summed E-state index contributed by atoms with van der Waals surface area (Å²) in [6, 6.07) is 0.161. The third-order valence-electron chi connectivity index (χ3n) is 1.60. The molecule has 2 amide bonds. The highest BCUT2D eigenvalue weighted by atomic mass is 16.2. The highest BCUT2D eigenvalue weighted by Crippen LogP contribution is 1.87. The third kappa shape index (κ3) is 7.58. The molecule has 0 aromatic heterocycles. The van der Waals surface area contributed by atoms with Crippen LogP contribution in [-0.4, -0.2) is 24.4 Å². The molecule has 0 heterocycles. The van der Waals surface area contributed by atoms with Gasteiger partial charge in [0.05, 0.1) is 0 Å². The van der Waals surface area contributed by atoms with Gasteiger partial charge in [0.2, 0.25) is 11.8 Å². The number of hydrogen-bond acceptors (Lipinski definition) is 2. The minimum Gasteiger partial charge on any atom is -0.356 e. The number of carbonyl (C=O) groups is 2. The minimum absolute atomic E-state index is 0.0169. The van der Waals surface area contributed by atoms with Gasteiger partial charge in [0.1, 0.15) is 0 Å². The monoisotopic (exact) mass is 200 g/mol. The zero-order valence-electron chi connectivity index (χ0n) is 9.22. The van der Waals surface area contributed by atoms with Crippen molar-refractivity contribution < 1.29 is 9.59 Å². The summed E-state index contributed by atoms with van der Waals surface area (Å²) in [6.45, 7) is 6.20. The smallest absolute Gasteiger partial charge is 0.221 e. The Labute approximate surface area is 85.4 Å². The van der Waals surface area contributed by atoms with Gasteiger partial charge in [-0.3, -0.25) is 9.59 Å². The van der Waals surface area contributed by atoms with E-state index in [1.807, 2.05) is 20.8 Å². The van der Waals surface area contributed by atoms with Gasteiger partial charge in [-0.15, -0.1) is 0 Å².